The molecule has 0 aliphatic heterocycles. The van der Waals surface area contributed by atoms with Crippen molar-refractivity contribution in [1.82, 2.24) is 0 Å². The van der Waals surface area contributed by atoms with E-state index in [1.165, 1.54) is 6.92 Å². The molecule has 3 unspecified atom stereocenters. The zero-order valence-corrected chi connectivity index (χ0v) is 14.5. The van der Waals surface area contributed by atoms with Crippen molar-refractivity contribution in [3.63, 3.8) is 0 Å². The average Bonchev–Trinajstić information content (AvgIpc) is 2.51. The van der Waals surface area contributed by atoms with Gasteiger partial charge in [0.05, 0.1) is 5.56 Å². The minimum Gasteiger partial charge on any atom is -0.450 e. The molecule has 128 valence electrons. The largest absolute Gasteiger partial charge is 0.508 e. The monoisotopic (exact) mass is 322 g/mol. The summed E-state index contributed by atoms with van der Waals surface area (Å²) >= 11 is 0. The molecule has 23 heavy (non-hydrogen) atoms. The lowest BCUT2D eigenvalue weighted by Gasteiger charge is -2.23. The summed E-state index contributed by atoms with van der Waals surface area (Å²) in [5.41, 5.74) is 2.61. The summed E-state index contributed by atoms with van der Waals surface area (Å²) in [7, 11) is 0. The fourth-order valence-corrected chi connectivity index (χ4v) is 2.55. The van der Waals surface area contributed by atoms with E-state index in [2.05, 4.69) is 32.4 Å². The second kappa shape index (κ2) is 8.56. The van der Waals surface area contributed by atoms with E-state index in [4.69, 9.17) is 9.84 Å². The molecule has 0 aliphatic carbocycles. The molecule has 0 saturated carbocycles. The smallest absolute Gasteiger partial charge is 0.450 e. The number of esters is 1. The van der Waals surface area contributed by atoms with E-state index >= 15 is 0 Å². The van der Waals surface area contributed by atoms with Crippen molar-refractivity contribution < 1.29 is 24.2 Å². The summed E-state index contributed by atoms with van der Waals surface area (Å²) in [6.45, 7) is 9.78. The number of hydrogen-bond acceptors (Lipinski definition) is 4. The standard InChI is InChI=1S/C18H26O5/c1-6-11(3)14-9-8-10-15(16(14)12(4)7-2)17(19)22-13(5)23-18(20)21/h8-13H,6-7H2,1-5H3,(H,20,21). The Kier molecular flexibility index (Phi) is 7.07. The average molecular weight is 322 g/mol. The van der Waals surface area contributed by atoms with Gasteiger partial charge in [-0.1, -0.05) is 39.8 Å². The molecule has 0 heterocycles. The SMILES string of the molecule is CCC(C)c1cccc(C(=O)OC(C)OC(=O)O)c1C(C)CC. The van der Waals surface area contributed by atoms with Crippen LogP contribution >= 0.6 is 0 Å². The predicted octanol–water partition coefficient (Wildman–Crippen LogP) is 4.91. The highest BCUT2D eigenvalue weighted by Crippen LogP contribution is 2.33. The van der Waals surface area contributed by atoms with Gasteiger partial charge >= 0.3 is 12.1 Å². The summed E-state index contributed by atoms with van der Waals surface area (Å²) in [5.74, 6) is -0.0166. The quantitative estimate of drug-likeness (QED) is 0.570. The van der Waals surface area contributed by atoms with Crippen molar-refractivity contribution in [3.05, 3.63) is 34.9 Å². The first kappa shape index (κ1) is 19.0. The zero-order valence-electron chi connectivity index (χ0n) is 14.5. The van der Waals surface area contributed by atoms with Gasteiger partial charge in [-0.2, -0.15) is 0 Å². The number of rotatable bonds is 7. The number of benzene rings is 1. The lowest BCUT2D eigenvalue weighted by molar-refractivity contribution is -0.0741. The van der Waals surface area contributed by atoms with Crippen LogP contribution in [0.3, 0.4) is 0 Å². The van der Waals surface area contributed by atoms with Crippen LogP contribution in [0.5, 0.6) is 0 Å². The summed E-state index contributed by atoms with van der Waals surface area (Å²) in [5, 5.41) is 8.58. The van der Waals surface area contributed by atoms with E-state index in [0.717, 1.165) is 24.0 Å². The molecule has 0 radical (unpaired) electrons. The molecule has 0 aliphatic rings. The molecular weight excluding hydrogens is 296 g/mol. The molecule has 0 saturated heterocycles. The van der Waals surface area contributed by atoms with Gasteiger partial charge in [0.15, 0.2) is 0 Å². The fourth-order valence-electron chi connectivity index (χ4n) is 2.55. The number of carbonyl (C=O) groups is 2. The Hall–Kier alpha value is -2.04. The van der Waals surface area contributed by atoms with Crippen LogP contribution in [0, 0.1) is 0 Å². The molecule has 5 nitrogen and oxygen atoms in total. The van der Waals surface area contributed by atoms with Crippen LogP contribution in [0.25, 0.3) is 0 Å². The molecular formula is C18H26O5. The van der Waals surface area contributed by atoms with Crippen LogP contribution in [0.4, 0.5) is 4.79 Å². The highest BCUT2D eigenvalue weighted by molar-refractivity contribution is 5.92. The molecule has 1 aromatic rings. The number of hydrogen-bond donors (Lipinski definition) is 1. The first-order valence-electron chi connectivity index (χ1n) is 8.05. The molecule has 0 spiro atoms. The molecule has 1 N–H and O–H groups in total. The second-order valence-corrected chi connectivity index (χ2v) is 5.78. The highest BCUT2D eigenvalue weighted by Gasteiger charge is 2.23. The first-order valence-corrected chi connectivity index (χ1v) is 8.05. The van der Waals surface area contributed by atoms with Crippen LogP contribution in [-0.2, 0) is 9.47 Å². The second-order valence-electron chi connectivity index (χ2n) is 5.78. The molecule has 5 heteroatoms. The third kappa shape index (κ3) is 4.98. The van der Waals surface area contributed by atoms with Crippen LogP contribution in [0.15, 0.2) is 18.2 Å². The van der Waals surface area contributed by atoms with E-state index in [-0.39, 0.29) is 5.92 Å². The Morgan fingerprint density at radius 2 is 1.65 bits per heavy atom. The summed E-state index contributed by atoms with van der Waals surface area (Å²) in [6, 6.07) is 5.61. The number of ether oxygens (including phenoxy) is 2. The Bertz CT molecular complexity index is 552. The number of carboxylic acid groups (broad SMARTS) is 1. The molecule has 1 aromatic carbocycles. The molecule has 1 rings (SSSR count). The van der Waals surface area contributed by atoms with Gasteiger partial charge in [0, 0.05) is 6.92 Å². The van der Waals surface area contributed by atoms with Crippen molar-refractivity contribution >= 4 is 12.1 Å². The van der Waals surface area contributed by atoms with E-state index in [0.29, 0.717) is 11.5 Å². The van der Waals surface area contributed by atoms with Gasteiger partial charge in [-0.15, -0.1) is 0 Å². The van der Waals surface area contributed by atoms with Crippen LogP contribution in [0.2, 0.25) is 0 Å². The molecule has 0 amide bonds. The topological polar surface area (TPSA) is 72.8 Å². The third-order valence-corrected chi connectivity index (χ3v) is 4.15. The minimum atomic E-state index is -1.47. The van der Waals surface area contributed by atoms with Gasteiger partial charge < -0.3 is 14.6 Å². The molecule has 0 fully saturated rings. The van der Waals surface area contributed by atoms with Crippen molar-refractivity contribution in [3.8, 4) is 0 Å². The van der Waals surface area contributed by atoms with E-state index in [1.54, 1.807) is 6.07 Å². The van der Waals surface area contributed by atoms with Gasteiger partial charge in [0.25, 0.3) is 0 Å². The normalized spacial score (nSPS) is 14.7. The maximum atomic E-state index is 12.4. The van der Waals surface area contributed by atoms with Gasteiger partial charge in [-0.25, -0.2) is 9.59 Å². The molecule has 3 atom stereocenters. The third-order valence-electron chi connectivity index (χ3n) is 4.15. The van der Waals surface area contributed by atoms with Crippen molar-refractivity contribution in [2.75, 3.05) is 0 Å². The van der Waals surface area contributed by atoms with Gasteiger partial charge in [0.2, 0.25) is 6.29 Å². The maximum absolute atomic E-state index is 12.4. The van der Waals surface area contributed by atoms with E-state index < -0.39 is 18.4 Å². The lowest BCUT2D eigenvalue weighted by Crippen LogP contribution is -2.22. The van der Waals surface area contributed by atoms with Crippen molar-refractivity contribution in [1.29, 1.82) is 0 Å². The summed E-state index contributed by atoms with van der Waals surface area (Å²) in [4.78, 5) is 23.0. The molecule has 0 aromatic heterocycles. The Morgan fingerprint density at radius 1 is 1.04 bits per heavy atom. The number of carbonyl (C=O) groups excluding carboxylic acids is 1. The minimum absolute atomic E-state index is 0.207. The van der Waals surface area contributed by atoms with Crippen molar-refractivity contribution in [2.24, 2.45) is 0 Å². The van der Waals surface area contributed by atoms with Crippen molar-refractivity contribution in [2.45, 2.75) is 65.6 Å². The predicted molar refractivity (Wildman–Crippen MR) is 87.8 cm³/mol. The Balaban J connectivity index is 3.19. The van der Waals surface area contributed by atoms with E-state index in [9.17, 15) is 9.59 Å². The molecule has 0 bridgehead atoms. The first-order chi connectivity index (χ1) is 10.8. The Morgan fingerprint density at radius 3 is 2.17 bits per heavy atom. The highest BCUT2D eigenvalue weighted by atomic mass is 16.8. The van der Waals surface area contributed by atoms with Crippen LogP contribution < -0.4 is 0 Å². The van der Waals surface area contributed by atoms with Crippen LogP contribution in [-0.4, -0.2) is 23.5 Å². The van der Waals surface area contributed by atoms with Gasteiger partial charge in [-0.3, -0.25) is 0 Å². The van der Waals surface area contributed by atoms with Gasteiger partial charge in [0.1, 0.15) is 0 Å². The summed E-state index contributed by atoms with van der Waals surface area (Å²) in [6.07, 6.45) is -0.743. The Labute approximate surface area is 137 Å². The van der Waals surface area contributed by atoms with Crippen LogP contribution in [0.1, 0.15) is 80.8 Å². The summed E-state index contributed by atoms with van der Waals surface area (Å²) < 4.78 is 9.55. The maximum Gasteiger partial charge on any atom is 0.508 e. The zero-order chi connectivity index (χ0) is 17.6. The van der Waals surface area contributed by atoms with Gasteiger partial charge in [-0.05, 0) is 41.9 Å². The van der Waals surface area contributed by atoms with E-state index in [1.807, 2.05) is 12.1 Å². The fraction of sp³-hybridized carbons (Fsp3) is 0.556. The lowest BCUT2D eigenvalue weighted by atomic mass is 9.83.